The van der Waals surface area contributed by atoms with Crippen LogP contribution < -0.4 is 0 Å². The van der Waals surface area contributed by atoms with E-state index in [4.69, 9.17) is 0 Å². The summed E-state index contributed by atoms with van der Waals surface area (Å²) in [5.41, 5.74) is 0.0935. The van der Waals surface area contributed by atoms with Gasteiger partial charge in [0.25, 0.3) is 0 Å². The highest BCUT2D eigenvalue weighted by Crippen LogP contribution is 2.60. The van der Waals surface area contributed by atoms with E-state index in [-0.39, 0.29) is 5.41 Å². The van der Waals surface area contributed by atoms with Crippen LogP contribution in [0.5, 0.6) is 0 Å². The molecule has 4 bridgehead atoms. The van der Waals surface area contributed by atoms with Crippen LogP contribution in [0.25, 0.3) is 0 Å². The van der Waals surface area contributed by atoms with E-state index in [1.54, 1.807) is 0 Å². The van der Waals surface area contributed by atoms with Crippen molar-refractivity contribution < 1.29 is 4.79 Å². The predicted octanol–water partition coefficient (Wildman–Crippen LogP) is 4.24. The lowest BCUT2D eigenvalue weighted by molar-refractivity contribution is -0.160. The third-order valence-corrected chi connectivity index (χ3v) is 8.07. The minimum Gasteiger partial charge on any atom is -0.342 e. The van der Waals surface area contributed by atoms with Crippen LogP contribution in [-0.4, -0.2) is 23.9 Å². The Labute approximate surface area is 135 Å². The first-order chi connectivity index (χ1) is 10.7. The average molecular weight is 301 g/mol. The zero-order chi connectivity index (χ0) is 14.7. The van der Waals surface area contributed by atoms with E-state index < -0.39 is 0 Å². The molecule has 1 aliphatic heterocycles. The number of nitrogens with zero attached hydrogens (tertiary/aromatic N) is 1. The van der Waals surface area contributed by atoms with Crippen LogP contribution in [0.3, 0.4) is 0 Å². The molecule has 0 unspecified atom stereocenters. The zero-order valence-corrected chi connectivity index (χ0v) is 13.9. The van der Waals surface area contributed by atoms with Gasteiger partial charge in [-0.25, -0.2) is 0 Å². The molecule has 6 aliphatic rings. The number of amides is 1. The molecular weight excluding hydrogens is 270 g/mol. The van der Waals surface area contributed by atoms with Gasteiger partial charge in [-0.15, -0.1) is 0 Å². The Morgan fingerprint density at radius 1 is 0.818 bits per heavy atom. The predicted molar refractivity (Wildman–Crippen MR) is 87.3 cm³/mol. The maximum atomic E-state index is 13.5. The number of rotatable bonds is 1. The quantitative estimate of drug-likeness (QED) is 0.709. The molecule has 1 saturated heterocycles. The molecule has 0 aromatic carbocycles. The van der Waals surface area contributed by atoms with E-state index >= 15 is 0 Å². The van der Waals surface area contributed by atoms with Crippen molar-refractivity contribution in [2.75, 3.05) is 13.1 Å². The highest BCUT2D eigenvalue weighted by molar-refractivity contribution is 5.83. The normalized spacial score (nSPS) is 50.0. The SMILES string of the molecule is O=C(N1CC[C@H]2CCCC[C@@H]2C1)C12CC3CC(CC(C3)C1)C2. The summed E-state index contributed by atoms with van der Waals surface area (Å²) in [7, 11) is 0. The minimum absolute atomic E-state index is 0.0935. The van der Waals surface area contributed by atoms with Crippen molar-refractivity contribution in [1.29, 1.82) is 0 Å². The molecule has 0 N–H and O–H groups in total. The van der Waals surface area contributed by atoms with Crippen molar-refractivity contribution in [3.63, 3.8) is 0 Å². The van der Waals surface area contributed by atoms with Gasteiger partial charge in [-0.3, -0.25) is 4.79 Å². The first kappa shape index (κ1) is 13.9. The van der Waals surface area contributed by atoms with Gasteiger partial charge in [0, 0.05) is 13.1 Å². The van der Waals surface area contributed by atoms with E-state index in [9.17, 15) is 4.79 Å². The van der Waals surface area contributed by atoms with Crippen molar-refractivity contribution in [1.82, 2.24) is 4.90 Å². The number of fused-ring (bicyclic) bond motifs is 1. The third kappa shape index (κ3) is 2.08. The summed E-state index contributed by atoms with van der Waals surface area (Å²) in [4.78, 5) is 15.8. The molecule has 22 heavy (non-hydrogen) atoms. The molecule has 1 heterocycles. The van der Waals surface area contributed by atoms with Gasteiger partial charge >= 0.3 is 0 Å². The number of hydrogen-bond acceptors (Lipinski definition) is 1. The lowest BCUT2D eigenvalue weighted by Gasteiger charge is -2.57. The summed E-state index contributed by atoms with van der Waals surface area (Å²) in [5.74, 6) is 5.04. The molecule has 0 spiro atoms. The first-order valence-corrected chi connectivity index (χ1v) is 10.0. The fourth-order valence-electron chi connectivity index (χ4n) is 7.49. The molecule has 2 atom stereocenters. The van der Waals surface area contributed by atoms with Crippen molar-refractivity contribution in [3.05, 3.63) is 0 Å². The standard InChI is InChI=1S/C20H31NO/c22-19(21-6-5-17-3-1-2-4-18(17)13-21)20-10-14-7-15(11-20)9-16(8-14)12-20/h14-18H,1-13H2/t14?,15?,16?,17-,18-,20?/m1/s1. The van der Waals surface area contributed by atoms with Crippen molar-refractivity contribution in [2.45, 2.75) is 70.6 Å². The molecular formula is C20H31NO. The molecule has 0 radical (unpaired) electrons. The molecule has 2 heteroatoms. The molecule has 0 aromatic heterocycles. The van der Waals surface area contributed by atoms with Crippen LogP contribution >= 0.6 is 0 Å². The van der Waals surface area contributed by atoms with E-state index in [0.29, 0.717) is 5.91 Å². The van der Waals surface area contributed by atoms with E-state index in [1.165, 1.54) is 70.6 Å². The summed E-state index contributed by atoms with van der Waals surface area (Å²) < 4.78 is 0. The van der Waals surface area contributed by atoms with E-state index in [0.717, 1.165) is 42.7 Å². The molecule has 1 amide bonds. The Kier molecular flexibility index (Phi) is 3.14. The maximum Gasteiger partial charge on any atom is 0.228 e. The van der Waals surface area contributed by atoms with Crippen LogP contribution in [0.4, 0.5) is 0 Å². The minimum atomic E-state index is 0.0935. The van der Waals surface area contributed by atoms with Crippen LogP contribution in [0, 0.1) is 35.0 Å². The smallest absolute Gasteiger partial charge is 0.228 e. The van der Waals surface area contributed by atoms with Gasteiger partial charge in [0.15, 0.2) is 0 Å². The highest BCUT2D eigenvalue weighted by Gasteiger charge is 2.56. The largest absolute Gasteiger partial charge is 0.342 e. The molecule has 2 nitrogen and oxygen atoms in total. The average Bonchev–Trinajstić information content (AvgIpc) is 2.52. The van der Waals surface area contributed by atoms with Gasteiger partial charge in [-0.05, 0) is 81.0 Å². The van der Waals surface area contributed by atoms with Crippen molar-refractivity contribution in [3.8, 4) is 0 Å². The summed E-state index contributed by atoms with van der Waals surface area (Å²) >= 11 is 0. The van der Waals surface area contributed by atoms with E-state index in [2.05, 4.69) is 4.90 Å². The summed E-state index contributed by atoms with van der Waals surface area (Å²) in [6.07, 6.45) is 15.0. The van der Waals surface area contributed by atoms with Gasteiger partial charge in [0.2, 0.25) is 5.91 Å². The Bertz CT molecular complexity index is 435. The first-order valence-electron chi connectivity index (χ1n) is 10.0. The second-order valence-electron chi connectivity index (χ2n) is 9.54. The van der Waals surface area contributed by atoms with Gasteiger partial charge in [-0.1, -0.05) is 19.3 Å². The Morgan fingerprint density at radius 2 is 1.41 bits per heavy atom. The molecule has 5 saturated carbocycles. The van der Waals surface area contributed by atoms with Crippen LogP contribution in [0.2, 0.25) is 0 Å². The monoisotopic (exact) mass is 301 g/mol. The number of hydrogen-bond donors (Lipinski definition) is 0. The van der Waals surface area contributed by atoms with Gasteiger partial charge < -0.3 is 4.90 Å². The lowest BCUT2D eigenvalue weighted by Crippen LogP contribution is -2.57. The van der Waals surface area contributed by atoms with E-state index in [1.807, 2.05) is 0 Å². The van der Waals surface area contributed by atoms with Gasteiger partial charge in [0.1, 0.15) is 0 Å². The number of carbonyl (C=O) groups is 1. The zero-order valence-electron chi connectivity index (χ0n) is 13.9. The molecule has 5 aliphatic carbocycles. The van der Waals surface area contributed by atoms with Crippen molar-refractivity contribution in [2.24, 2.45) is 35.0 Å². The van der Waals surface area contributed by atoms with Crippen LogP contribution in [0.1, 0.15) is 70.6 Å². The van der Waals surface area contributed by atoms with Crippen LogP contribution in [0.15, 0.2) is 0 Å². The Balaban J connectivity index is 1.34. The Hall–Kier alpha value is -0.530. The number of carbonyl (C=O) groups excluding carboxylic acids is 1. The number of piperidine rings is 1. The number of likely N-dealkylation sites (tertiary alicyclic amines) is 1. The van der Waals surface area contributed by atoms with Gasteiger partial charge in [0.05, 0.1) is 5.41 Å². The van der Waals surface area contributed by atoms with Gasteiger partial charge in [-0.2, -0.15) is 0 Å². The third-order valence-electron chi connectivity index (χ3n) is 8.07. The van der Waals surface area contributed by atoms with Crippen LogP contribution in [-0.2, 0) is 4.79 Å². The topological polar surface area (TPSA) is 20.3 Å². The highest BCUT2D eigenvalue weighted by atomic mass is 16.2. The Morgan fingerprint density at radius 3 is 2.05 bits per heavy atom. The summed E-state index contributed by atoms with van der Waals surface area (Å²) in [6.45, 7) is 2.17. The molecule has 6 fully saturated rings. The maximum absolute atomic E-state index is 13.5. The van der Waals surface area contributed by atoms with Crippen molar-refractivity contribution >= 4 is 5.91 Å². The molecule has 6 rings (SSSR count). The summed E-state index contributed by atoms with van der Waals surface area (Å²) in [6, 6.07) is 0. The summed E-state index contributed by atoms with van der Waals surface area (Å²) in [5, 5.41) is 0. The molecule has 0 aromatic rings. The lowest BCUT2D eigenvalue weighted by atomic mass is 9.49. The molecule has 122 valence electrons. The fraction of sp³-hybridized carbons (Fsp3) is 0.950. The second-order valence-corrected chi connectivity index (χ2v) is 9.54. The fourth-order valence-corrected chi connectivity index (χ4v) is 7.49. The second kappa shape index (κ2) is 4.98.